The Morgan fingerprint density at radius 2 is 0.828 bits per heavy atom. The van der Waals surface area contributed by atoms with Crippen LogP contribution in [0.4, 0.5) is 60.5 Å². The zero-order valence-corrected chi connectivity index (χ0v) is 36.5. The van der Waals surface area contributed by atoms with Gasteiger partial charge in [0.1, 0.15) is 0 Å². The van der Waals surface area contributed by atoms with Gasteiger partial charge in [-0.25, -0.2) is 0 Å². The first-order valence-corrected chi connectivity index (χ1v) is 21.6. The topological polar surface area (TPSA) is 6.48 Å². The number of halogens is 6. The summed E-state index contributed by atoms with van der Waals surface area (Å²) in [5.41, 5.74) is -1.76. The van der Waals surface area contributed by atoms with Crippen LogP contribution >= 0.6 is 0 Å². The second-order valence-corrected chi connectivity index (χ2v) is 17.9. The third-order valence-corrected chi connectivity index (χ3v) is 12.1. The Bertz CT molecular complexity index is 2860. The highest BCUT2D eigenvalue weighted by atomic mass is 19.4. The van der Waals surface area contributed by atoms with E-state index in [9.17, 15) is 0 Å². The van der Waals surface area contributed by atoms with Gasteiger partial charge in [0.05, 0.1) is 11.4 Å². The molecule has 0 saturated heterocycles. The van der Waals surface area contributed by atoms with Crippen molar-refractivity contribution in [1.29, 1.82) is 0 Å². The van der Waals surface area contributed by atoms with E-state index in [2.05, 4.69) is 34.6 Å². The van der Waals surface area contributed by atoms with Crippen molar-refractivity contribution in [3.63, 3.8) is 0 Å². The summed E-state index contributed by atoms with van der Waals surface area (Å²) < 4.78 is 97.2. The van der Waals surface area contributed by atoms with E-state index in [-0.39, 0.29) is 16.8 Å². The molecule has 0 aliphatic rings. The molecule has 8 aromatic carbocycles. The highest BCUT2D eigenvalue weighted by Crippen LogP contribution is 2.58. The fourth-order valence-corrected chi connectivity index (χ4v) is 8.78. The predicted molar refractivity (Wildman–Crippen MR) is 252 cm³/mol. The SMILES string of the molecule is CC(C)CCc1ccc(N(c2cccc(C(c3cccc(N(c4ccc(C(C)(C)C)cc4)c4cccc5ccccc45)c3)(C(F)(F)F)C(F)(F)F)c2)c2cccc3ccccc23)cc1. The van der Waals surface area contributed by atoms with E-state index in [4.69, 9.17) is 0 Å². The third-order valence-electron chi connectivity index (χ3n) is 12.1. The van der Waals surface area contributed by atoms with Crippen LogP contribution in [-0.4, -0.2) is 12.4 Å². The van der Waals surface area contributed by atoms with Crippen molar-refractivity contribution >= 4 is 55.7 Å². The number of anilines is 6. The van der Waals surface area contributed by atoms with Gasteiger partial charge in [0.2, 0.25) is 5.41 Å². The second-order valence-electron chi connectivity index (χ2n) is 17.9. The summed E-state index contributed by atoms with van der Waals surface area (Å²) in [4.78, 5) is 3.48. The fourth-order valence-electron chi connectivity index (χ4n) is 8.78. The van der Waals surface area contributed by atoms with Crippen molar-refractivity contribution in [1.82, 2.24) is 0 Å². The number of nitrogens with zero attached hydrogens (tertiary/aromatic N) is 2. The summed E-state index contributed by atoms with van der Waals surface area (Å²) in [5, 5.41) is 3.30. The molecule has 0 amide bonds. The van der Waals surface area contributed by atoms with E-state index in [1.165, 1.54) is 12.1 Å². The van der Waals surface area contributed by atoms with Gasteiger partial charge in [-0.15, -0.1) is 0 Å². The smallest absolute Gasteiger partial charge is 0.310 e. The van der Waals surface area contributed by atoms with E-state index >= 15 is 26.3 Å². The average Bonchev–Trinajstić information content (AvgIpc) is 3.26. The lowest BCUT2D eigenvalue weighted by atomic mass is 9.72. The third kappa shape index (κ3) is 8.34. The minimum absolute atomic E-state index is 0.140. The summed E-state index contributed by atoms with van der Waals surface area (Å²) in [6, 6.07) is 51.3. The van der Waals surface area contributed by atoms with Crippen LogP contribution in [0.5, 0.6) is 0 Å². The summed E-state index contributed by atoms with van der Waals surface area (Å²) in [6.07, 6.45) is -9.86. The number of aryl methyl sites for hydroxylation is 1. The van der Waals surface area contributed by atoms with E-state index in [0.717, 1.165) is 69.8 Å². The molecule has 0 N–H and O–H groups in total. The molecular weight excluding hydrogens is 815 g/mol. The molecule has 0 atom stereocenters. The van der Waals surface area contributed by atoms with E-state index < -0.39 is 28.9 Å². The lowest BCUT2D eigenvalue weighted by Crippen LogP contribution is -2.54. The molecule has 8 rings (SSSR count). The Hall–Kier alpha value is -6.54. The van der Waals surface area contributed by atoms with Crippen molar-refractivity contribution in [2.24, 2.45) is 5.92 Å². The zero-order chi connectivity index (χ0) is 45.4. The van der Waals surface area contributed by atoms with Crippen molar-refractivity contribution < 1.29 is 26.3 Å². The van der Waals surface area contributed by atoms with Crippen molar-refractivity contribution in [3.05, 3.63) is 204 Å². The molecule has 0 aliphatic carbocycles. The lowest BCUT2D eigenvalue weighted by Gasteiger charge is -2.39. The predicted octanol–water partition coefficient (Wildman–Crippen LogP) is 17.2. The molecule has 0 unspecified atom stereocenters. The Labute approximate surface area is 371 Å². The average molecular weight is 865 g/mol. The molecule has 64 heavy (non-hydrogen) atoms. The fraction of sp³-hybridized carbons (Fsp3) is 0.214. The Balaban J connectivity index is 1.34. The van der Waals surface area contributed by atoms with Crippen LogP contribution in [0.1, 0.15) is 63.3 Å². The molecule has 8 aromatic rings. The van der Waals surface area contributed by atoms with Crippen LogP contribution in [-0.2, 0) is 17.3 Å². The summed E-state index contributed by atoms with van der Waals surface area (Å²) in [6.45, 7) is 10.5. The molecule has 0 radical (unpaired) electrons. The minimum atomic E-state index is -5.83. The van der Waals surface area contributed by atoms with Gasteiger partial charge in [-0.3, -0.25) is 0 Å². The first kappa shape index (κ1) is 44.1. The maximum atomic E-state index is 16.2. The van der Waals surface area contributed by atoms with Gasteiger partial charge in [0, 0.05) is 33.5 Å². The maximum absolute atomic E-state index is 16.2. The van der Waals surface area contributed by atoms with Crippen LogP contribution in [0, 0.1) is 5.92 Å². The van der Waals surface area contributed by atoms with Crippen molar-refractivity contribution in [2.75, 3.05) is 9.80 Å². The highest BCUT2D eigenvalue weighted by Gasteiger charge is 2.72. The molecule has 0 saturated carbocycles. The molecule has 0 aliphatic heterocycles. The van der Waals surface area contributed by atoms with Gasteiger partial charge in [-0.1, -0.05) is 156 Å². The first-order chi connectivity index (χ1) is 30.5. The highest BCUT2D eigenvalue weighted by molar-refractivity contribution is 6.00. The standard InChI is InChI=1S/C56H50F6N2/c1-38(2)26-27-39-28-32-45(33-29-39)63(51-24-10-16-40-14-6-8-22-49(40)51)47-20-12-18-43(36-47)54(55(57,58)59,56(60,61)62)44-19-13-21-48(37-44)64(46-34-30-42(31-35-46)53(3,4)5)52-25-11-17-41-15-7-9-23-50(41)52/h6-25,28-38H,26-27H2,1-5H3. The summed E-state index contributed by atoms with van der Waals surface area (Å²) in [5.74, 6) is 0.485. The van der Waals surface area contributed by atoms with Gasteiger partial charge >= 0.3 is 12.4 Å². The molecule has 0 heterocycles. The first-order valence-electron chi connectivity index (χ1n) is 21.6. The lowest BCUT2D eigenvalue weighted by molar-refractivity contribution is -0.288. The maximum Gasteiger partial charge on any atom is 0.411 e. The summed E-state index contributed by atoms with van der Waals surface area (Å²) in [7, 11) is 0. The number of benzene rings is 8. The summed E-state index contributed by atoms with van der Waals surface area (Å²) >= 11 is 0. The largest absolute Gasteiger partial charge is 0.411 e. The van der Waals surface area contributed by atoms with Gasteiger partial charge in [-0.2, -0.15) is 26.3 Å². The molecule has 0 bridgehead atoms. The zero-order valence-electron chi connectivity index (χ0n) is 36.5. The Kier molecular flexibility index (Phi) is 11.9. The number of fused-ring (bicyclic) bond motifs is 2. The van der Waals surface area contributed by atoms with E-state index in [1.54, 1.807) is 21.9 Å². The van der Waals surface area contributed by atoms with Crippen LogP contribution in [0.2, 0.25) is 0 Å². The van der Waals surface area contributed by atoms with Crippen LogP contribution in [0.25, 0.3) is 21.5 Å². The molecule has 0 fully saturated rings. The monoisotopic (exact) mass is 864 g/mol. The van der Waals surface area contributed by atoms with E-state index in [0.29, 0.717) is 28.7 Å². The van der Waals surface area contributed by atoms with E-state index in [1.807, 2.05) is 133 Å². The number of rotatable bonds is 11. The second kappa shape index (κ2) is 17.2. The molecule has 0 spiro atoms. The van der Waals surface area contributed by atoms with Crippen LogP contribution in [0.15, 0.2) is 182 Å². The molecule has 0 aromatic heterocycles. The molecular formula is C56H50F6N2. The number of hydrogen-bond donors (Lipinski definition) is 0. The molecule has 2 nitrogen and oxygen atoms in total. The molecule has 8 heteroatoms. The van der Waals surface area contributed by atoms with Gasteiger partial charge < -0.3 is 9.80 Å². The molecule has 326 valence electrons. The normalized spacial score (nSPS) is 12.6. The number of alkyl halides is 6. The minimum Gasteiger partial charge on any atom is -0.310 e. The van der Waals surface area contributed by atoms with Crippen molar-refractivity contribution in [3.8, 4) is 0 Å². The van der Waals surface area contributed by atoms with Gasteiger partial charge in [0.15, 0.2) is 0 Å². The quantitative estimate of drug-likeness (QED) is 0.120. The number of hydrogen-bond acceptors (Lipinski definition) is 2. The Morgan fingerprint density at radius 1 is 0.422 bits per heavy atom. The van der Waals surface area contributed by atoms with Crippen molar-refractivity contribution in [2.45, 2.75) is 70.6 Å². The van der Waals surface area contributed by atoms with Crippen LogP contribution in [0.3, 0.4) is 0 Å². The Morgan fingerprint density at radius 3 is 1.25 bits per heavy atom. The van der Waals surface area contributed by atoms with Crippen LogP contribution < -0.4 is 9.80 Å². The van der Waals surface area contributed by atoms with Gasteiger partial charge in [-0.05, 0) is 118 Å². The van der Waals surface area contributed by atoms with Gasteiger partial charge in [0.25, 0.3) is 0 Å².